The van der Waals surface area contributed by atoms with Gasteiger partial charge < -0.3 is 5.32 Å². The summed E-state index contributed by atoms with van der Waals surface area (Å²) in [5.41, 5.74) is 1.80. The van der Waals surface area contributed by atoms with Crippen molar-refractivity contribution in [2.75, 3.05) is 6.54 Å². The van der Waals surface area contributed by atoms with Gasteiger partial charge in [0, 0.05) is 24.4 Å². The van der Waals surface area contributed by atoms with Crippen LogP contribution in [0.3, 0.4) is 0 Å². The summed E-state index contributed by atoms with van der Waals surface area (Å²) >= 11 is 1.34. The number of rotatable bonds is 6. The monoisotopic (exact) mass is 307 g/mol. The predicted molar refractivity (Wildman–Crippen MR) is 77.7 cm³/mol. The zero-order valence-corrected chi connectivity index (χ0v) is 12.9. The molecule has 0 aromatic carbocycles. The number of aromatic nitrogens is 6. The van der Waals surface area contributed by atoms with Crippen molar-refractivity contribution in [1.82, 2.24) is 35.9 Å². The molecular weight excluding hydrogens is 290 g/mol. The van der Waals surface area contributed by atoms with Gasteiger partial charge in [0.2, 0.25) is 5.91 Å². The molecule has 0 saturated carbocycles. The van der Waals surface area contributed by atoms with Gasteiger partial charge in [-0.15, -0.1) is 10.2 Å². The maximum absolute atomic E-state index is 12.0. The Morgan fingerprint density at radius 3 is 2.71 bits per heavy atom. The van der Waals surface area contributed by atoms with Crippen LogP contribution < -0.4 is 5.32 Å². The molecule has 0 fully saturated rings. The fraction of sp³-hybridized carbons (Fsp3) is 0.500. The average molecular weight is 307 g/mol. The number of carbonyl (C=O) groups excluding carboxylic acids is 1. The van der Waals surface area contributed by atoms with Gasteiger partial charge in [-0.3, -0.25) is 4.79 Å². The molecule has 2 rings (SSSR count). The number of aryl methyl sites for hydroxylation is 2. The molecule has 8 nitrogen and oxygen atoms in total. The van der Waals surface area contributed by atoms with Gasteiger partial charge in [-0.2, -0.15) is 5.21 Å². The van der Waals surface area contributed by atoms with E-state index in [0.29, 0.717) is 23.9 Å². The minimum atomic E-state index is -0.267. The third-order valence-electron chi connectivity index (χ3n) is 2.65. The van der Waals surface area contributed by atoms with Crippen molar-refractivity contribution in [2.45, 2.75) is 37.6 Å². The van der Waals surface area contributed by atoms with Crippen LogP contribution in [0.4, 0.5) is 0 Å². The van der Waals surface area contributed by atoms with Gasteiger partial charge in [-0.05, 0) is 26.8 Å². The predicted octanol–water partition coefficient (Wildman–Crippen LogP) is 0.446. The molecule has 0 radical (unpaired) electrons. The van der Waals surface area contributed by atoms with Crippen molar-refractivity contribution in [3.05, 3.63) is 23.3 Å². The van der Waals surface area contributed by atoms with Crippen LogP contribution in [-0.4, -0.2) is 48.3 Å². The highest BCUT2D eigenvalue weighted by Gasteiger charge is 2.16. The van der Waals surface area contributed by atoms with Gasteiger partial charge >= 0.3 is 0 Å². The topological polar surface area (TPSA) is 109 Å². The lowest BCUT2D eigenvalue weighted by Gasteiger charge is -2.11. The number of thioether (sulfide) groups is 1. The molecule has 0 spiro atoms. The van der Waals surface area contributed by atoms with E-state index in [0.717, 1.165) is 11.4 Å². The van der Waals surface area contributed by atoms with Gasteiger partial charge in [0.05, 0.1) is 5.25 Å². The first-order chi connectivity index (χ1) is 10.0. The molecule has 1 atom stereocenters. The summed E-state index contributed by atoms with van der Waals surface area (Å²) in [6, 6.07) is 1.90. The summed E-state index contributed by atoms with van der Waals surface area (Å²) < 4.78 is 0. The quantitative estimate of drug-likeness (QED) is 0.589. The van der Waals surface area contributed by atoms with E-state index < -0.39 is 0 Å². The lowest BCUT2D eigenvalue weighted by Crippen LogP contribution is -2.32. The number of amides is 1. The fourth-order valence-corrected chi connectivity index (χ4v) is 2.59. The summed E-state index contributed by atoms with van der Waals surface area (Å²) in [6.45, 7) is 6.12. The maximum atomic E-state index is 12.0. The Morgan fingerprint density at radius 2 is 2.10 bits per heavy atom. The first-order valence-corrected chi connectivity index (χ1v) is 7.41. The minimum absolute atomic E-state index is 0.0637. The molecule has 0 aliphatic rings. The smallest absolute Gasteiger partial charge is 0.233 e. The number of hydrogen-bond donors (Lipinski definition) is 2. The second-order valence-electron chi connectivity index (χ2n) is 4.56. The van der Waals surface area contributed by atoms with Crippen molar-refractivity contribution in [3.63, 3.8) is 0 Å². The number of tetrazole rings is 1. The molecule has 2 aromatic heterocycles. The van der Waals surface area contributed by atoms with E-state index in [-0.39, 0.29) is 11.2 Å². The van der Waals surface area contributed by atoms with Gasteiger partial charge in [-0.1, -0.05) is 17.0 Å². The number of nitrogens with one attached hydrogen (secondary N) is 2. The number of hydrogen-bond acceptors (Lipinski definition) is 7. The highest BCUT2D eigenvalue weighted by atomic mass is 32.2. The van der Waals surface area contributed by atoms with Crippen LogP contribution in [0.15, 0.2) is 11.2 Å². The third-order valence-corrected chi connectivity index (χ3v) is 3.61. The van der Waals surface area contributed by atoms with Crippen LogP contribution >= 0.6 is 11.8 Å². The standard InChI is InChI=1S/C12H17N7OS/c1-7-6-8(2)15-12(14-7)21-9(3)11(20)13-5-4-10-16-18-19-17-10/h6,9H,4-5H2,1-3H3,(H,13,20)(H,16,17,18,19). The Balaban J connectivity index is 1.81. The highest BCUT2D eigenvalue weighted by molar-refractivity contribution is 8.00. The molecule has 0 aliphatic carbocycles. The van der Waals surface area contributed by atoms with Crippen LogP contribution in [0.25, 0.3) is 0 Å². The van der Waals surface area contributed by atoms with Crippen LogP contribution in [0.2, 0.25) is 0 Å². The van der Waals surface area contributed by atoms with E-state index in [1.165, 1.54) is 11.8 Å². The minimum Gasteiger partial charge on any atom is -0.355 e. The van der Waals surface area contributed by atoms with E-state index in [1.54, 1.807) is 0 Å². The van der Waals surface area contributed by atoms with E-state index in [1.807, 2.05) is 26.8 Å². The molecule has 9 heteroatoms. The summed E-state index contributed by atoms with van der Waals surface area (Å²) in [6.07, 6.45) is 0.541. The zero-order chi connectivity index (χ0) is 15.2. The van der Waals surface area contributed by atoms with E-state index >= 15 is 0 Å². The van der Waals surface area contributed by atoms with Crippen LogP contribution in [0.1, 0.15) is 24.1 Å². The average Bonchev–Trinajstić information content (AvgIpc) is 2.90. The molecule has 1 amide bonds. The lowest BCUT2D eigenvalue weighted by atomic mass is 10.4. The number of nitrogens with zero attached hydrogens (tertiary/aromatic N) is 5. The summed E-state index contributed by atoms with van der Waals surface area (Å²) in [5, 5.41) is 16.7. The van der Waals surface area contributed by atoms with Crippen molar-refractivity contribution < 1.29 is 4.79 Å². The summed E-state index contributed by atoms with van der Waals surface area (Å²) in [7, 11) is 0. The lowest BCUT2D eigenvalue weighted by molar-refractivity contribution is -0.120. The van der Waals surface area contributed by atoms with Gasteiger partial charge in [0.15, 0.2) is 11.0 Å². The second-order valence-corrected chi connectivity index (χ2v) is 5.87. The Bertz CT molecular complexity index is 581. The van der Waals surface area contributed by atoms with E-state index in [2.05, 4.69) is 35.9 Å². The van der Waals surface area contributed by atoms with Gasteiger partial charge in [0.25, 0.3) is 0 Å². The Hall–Kier alpha value is -2.03. The van der Waals surface area contributed by atoms with Crippen molar-refractivity contribution in [3.8, 4) is 0 Å². The van der Waals surface area contributed by atoms with Crippen LogP contribution in [0.5, 0.6) is 0 Å². The first-order valence-electron chi connectivity index (χ1n) is 6.53. The zero-order valence-electron chi connectivity index (χ0n) is 12.1. The molecule has 0 saturated heterocycles. The second kappa shape index (κ2) is 7.11. The van der Waals surface area contributed by atoms with E-state index in [4.69, 9.17) is 0 Å². The molecule has 21 heavy (non-hydrogen) atoms. The first kappa shape index (κ1) is 15.4. The highest BCUT2D eigenvalue weighted by Crippen LogP contribution is 2.19. The normalized spacial score (nSPS) is 12.1. The number of aromatic amines is 1. The maximum Gasteiger partial charge on any atom is 0.233 e. The Morgan fingerprint density at radius 1 is 1.38 bits per heavy atom. The summed E-state index contributed by atoms with van der Waals surface area (Å²) in [5.74, 6) is 0.513. The number of H-pyrrole nitrogens is 1. The van der Waals surface area contributed by atoms with Crippen LogP contribution in [0, 0.1) is 13.8 Å². The molecule has 1 unspecified atom stereocenters. The largest absolute Gasteiger partial charge is 0.355 e. The van der Waals surface area contributed by atoms with E-state index in [9.17, 15) is 4.79 Å². The molecule has 0 aliphatic heterocycles. The molecular formula is C12H17N7OS. The van der Waals surface area contributed by atoms with Crippen LogP contribution in [-0.2, 0) is 11.2 Å². The van der Waals surface area contributed by atoms with Crippen molar-refractivity contribution in [2.24, 2.45) is 0 Å². The SMILES string of the molecule is Cc1cc(C)nc(SC(C)C(=O)NCCc2nn[nH]n2)n1. The molecule has 2 heterocycles. The third kappa shape index (κ3) is 4.78. The van der Waals surface area contributed by atoms with Crippen molar-refractivity contribution in [1.29, 1.82) is 0 Å². The van der Waals surface area contributed by atoms with Gasteiger partial charge in [0.1, 0.15) is 0 Å². The molecule has 112 valence electrons. The number of carbonyl (C=O) groups is 1. The Kier molecular flexibility index (Phi) is 5.20. The summed E-state index contributed by atoms with van der Waals surface area (Å²) in [4.78, 5) is 20.6. The van der Waals surface area contributed by atoms with Crippen molar-refractivity contribution >= 4 is 17.7 Å². The molecule has 2 N–H and O–H groups in total. The Labute approximate surface area is 126 Å². The molecule has 0 bridgehead atoms. The van der Waals surface area contributed by atoms with Gasteiger partial charge in [-0.25, -0.2) is 9.97 Å². The fourth-order valence-electron chi connectivity index (χ4n) is 1.69. The molecule has 2 aromatic rings.